The Morgan fingerprint density at radius 1 is 1.04 bits per heavy atom. The Hall–Kier alpha value is -1.59. The van der Waals surface area contributed by atoms with Crippen molar-refractivity contribution in [1.29, 1.82) is 0 Å². The molecular formula is C17H24ClN3O2. The number of rotatable bonds is 6. The van der Waals surface area contributed by atoms with Gasteiger partial charge in [0.25, 0.3) is 0 Å². The van der Waals surface area contributed by atoms with Gasteiger partial charge in [0.2, 0.25) is 11.8 Å². The Bertz CT molecular complexity index is 537. The van der Waals surface area contributed by atoms with Gasteiger partial charge in [-0.15, -0.1) is 12.4 Å². The second-order valence-electron chi connectivity index (χ2n) is 6.29. The van der Waals surface area contributed by atoms with Crippen LogP contribution in [0.1, 0.15) is 32.1 Å². The van der Waals surface area contributed by atoms with Crippen molar-refractivity contribution in [3.05, 3.63) is 24.3 Å². The molecule has 1 aliphatic carbocycles. The van der Waals surface area contributed by atoms with Gasteiger partial charge in [-0.05, 0) is 69.0 Å². The number of benzene rings is 1. The summed E-state index contributed by atoms with van der Waals surface area (Å²) in [5.74, 6) is 0.985. The summed E-state index contributed by atoms with van der Waals surface area (Å²) < 4.78 is 0. The minimum atomic E-state index is 0. The number of carbonyl (C=O) groups is 2. The first kappa shape index (κ1) is 17.8. The van der Waals surface area contributed by atoms with E-state index in [1.165, 1.54) is 6.42 Å². The van der Waals surface area contributed by atoms with E-state index in [0.29, 0.717) is 12.3 Å². The maximum atomic E-state index is 11.9. The third kappa shape index (κ3) is 5.52. The number of anilines is 2. The zero-order valence-corrected chi connectivity index (χ0v) is 14.0. The highest BCUT2D eigenvalue weighted by atomic mass is 35.5. The quantitative estimate of drug-likeness (QED) is 0.747. The molecule has 3 rings (SSSR count). The predicted octanol–water partition coefficient (Wildman–Crippen LogP) is 2.79. The summed E-state index contributed by atoms with van der Waals surface area (Å²) in [6.07, 6.45) is 4.66. The average Bonchev–Trinajstić information content (AvgIpc) is 3.24. The fraction of sp³-hybridized carbons (Fsp3) is 0.529. The Morgan fingerprint density at radius 3 is 2.26 bits per heavy atom. The average molecular weight is 338 g/mol. The molecule has 0 bridgehead atoms. The lowest BCUT2D eigenvalue weighted by Crippen LogP contribution is -2.15. The van der Waals surface area contributed by atoms with Crippen molar-refractivity contribution in [1.82, 2.24) is 5.32 Å². The summed E-state index contributed by atoms with van der Waals surface area (Å²) in [5, 5.41) is 9.11. The molecule has 3 N–H and O–H groups in total. The van der Waals surface area contributed by atoms with Crippen molar-refractivity contribution in [3.8, 4) is 0 Å². The molecule has 1 aromatic carbocycles. The predicted molar refractivity (Wildman–Crippen MR) is 93.9 cm³/mol. The van der Waals surface area contributed by atoms with E-state index in [4.69, 9.17) is 0 Å². The molecule has 1 aliphatic heterocycles. The second-order valence-corrected chi connectivity index (χ2v) is 6.29. The third-order valence-electron chi connectivity index (χ3n) is 4.33. The van der Waals surface area contributed by atoms with Crippen molar-refractivity contribution in [2.75, 3.05) is 23.7 Å². The summed E-state index contributed by atoms with van der Waals surface area (Å²) in [7, 11) is 0. The molecule has 2 amide bonds. The van der Waals surface area contributed by atoms with Crippen LogP contribution in [0.2, 0.25) is 0 Å². The lowest BCUT2D eigenvalue weighted by molar-refractivity contribution is -0.117. The van der Waals surface area contributed by atoms with Crippen molar-refractivity contribution in [3.63, 3.8) is 0 Å². The van der Waals surface area contributed by atoms with Gasteiger partial charge in [0.05, 0.1) is 0 Å². The van der Waals surface area contributed by atoms with Gasteiger partial charge in [-0.25, -0.2) is 0 Å². The van der Waals surface area contributed by atoms with Gasteiger partial charge in [-0.1, -0.05) is 0 Å². The van der Waals surface area contributed by atoms with Crippen LogP contribution < -0.4 is 16.0 Å². The number of hydrogen-bond donors (Lipinski definition) is 3. The van der Waals surface area contributed by atoms with Crippen molar-refractivity contribution in [2.45, 2.75) is 32.1 Å². The number of hydrogen-bond acceptors (Lipinski definition) is 3. The zero-order valence-electron chi connectivity index (χ0n) is 13.1. The van der Waals surface area contributed by atoms with Gasteiger partial charge in [0.1, 0.15) is 0 Å². The summed E-state index contributed by atoms with van der Waals surface area (Å²) in [5.41, 5.74) is 1.56. The van der Waals surface area contributed by atoms with Crippen LogP contribution in [0.15, 0.2) is 24.3 Å². The number of amides is 2. The molecule has 6 heteroatoms. The Morgan fingerprint density at radius 2 is 1.70 bits per heavy atom. The molecule has 1 aromatic rings. The van der Waals surface area contributed by atoms with E-state index in [2.05, 4.69) is 16.0 Å². The molecule has 0 radical (unpaired) electrons. The number of nitrogens with one attached hydrogen (secondary N) is 3. The van der Waals surface area contributed by atoms with Crippen molar-refractivity contribution < 1.29 is 9.59 Å². The zero-order chi connectivity index (χ0) is 15.4. The monoisotopic (exact) mass is 337 g/mol. The van der Waals surface area contributed by atoms with Gasteiger partial charge in [0.15, 0.2) is 0 Å². The van der Waals surface area contributed by atoms with Crippen molar-refractivity contribution in [2.24, 2.45) is 11.8 Å². The van der Waals surface area contributed by atoms with Crippen LogP contribution in [0.5, 0.6) is 0 Å². The minimum absolute atomic E-state index is 0. The number of carbonyl (C=O) groups excluding carboxylic acids is 2. The Kier molecular flexibility index (Phi) is 6.42. The first-order valence-electron chi connectivity index (χ1n) is 8.12. The first-order chi connectivity index (χ1) is 10.7. The van der Waals surface area contributed by atoms with E-state index in [9.17, 15) is 9.59 Å². The maximum absolute atomic E-state index is 11.9. The molecule has 126 valence electrons. The molecule has 2 fully saturated rings. The minimum Gasteiger partial charge on any atom is -0.326 e. The highest BCUT2D eigenvalue weighted by Gasteiger charge is 2.29. The summed E-state index contributed by atoms with van der Waals surface area (Å²) in [6.45, 7) is 2.10. The molecule has 5 nitrogen and oxygen atoms in total. The molecule has 1 saturated carbocycles. The fourth-order valence-electron chi connectivity index (χ4n) is 2.75. The molecule has 1 saturated heterocycles. The van der Waals surface area contributed by atoms with Gasteiger partial charge in [0, 0.05) is 23.7 Å². The van der Waals surface area contributed by atoms with E-state index >= 15 is 0 Å². The summed E-state index contributed by atoms with van der Waals surface area (Å²) in [4.78, 5) is 23.6. The summed E-state index contributed by atoms with van der Waals surface area (Å²) in [6, 6.07) is 7.32. The van der Waals surface area contributed by atoms with E-state index in [0.717, 1.165) is 43.7 Å². The van der Waals surface area contributed by atoms with Crippen molar-refractivity contribution >= 4 is 35.6 Å². The Labute approximate surface area is 143 Å². The van der Waals surface area contributed by atoms with Gasteiger partial charge in [-0.2, -0.15) is 0 Å². The second kappa shape index (κ2) is 8.31. The SMILES string of the molecule is Cl.O=C(CCC1CCNC1)Nc1ccc(NC(=O)C2CC2)cc1. The smallest absolute Gasteiger partial charge is 0.227 e. The summed E-state index contributed by atoms with van der Waals surface area (Å²) >= 11 is 0. The molecule has 1 unspecified atom stereocenters. The van der Waals surface area contributed by atoms with E-state index in [1.54, 1.807) is 0 Å². The van der Waals surface area contributed by atoms with Crippen LogP contribution in [-0.2, 0) is 9.59 Å². The third-order valence-corrected chi connectivity index (χ3v) is 4.33. The maximum Gasteiger partial charge on any atom is 0.227 e. The highest BCUT2D eigenvalue weighted by Crippen LogP contribution is 2.30. The molecule has 0 aromatic heterocycles. The lowest BCUT2D eigenvalue weighted by atomic mass is 10.0. The van der Waals surface area contributed by atoms with Crippen LogP contribution in [0.4, 0.5) is 11.4 Å². The standard InChI is InChI=1S/C17H23N3O2.ClH/c21-16(8-1-12-9-10-18-11-12)19-14-4-6-15(7-5-14)20-17(22)13-2-3-13;/h4-7,12-13,18H,1-3,8-11H2,(H,19,21)(H,20,22);1H. The van der Waals surface area contributed by atoms with Crippen LogP contribution in [-0.4, -0.2) is 24.9 Å². The van der Waals surface area contributed by atoms with Crippen LogP contribution in [0.25, 0.3) is 0 Å². The molecular weight excluding hydrogens is 314 g/mol. The fourth-order valence-corrected chi connectivity index (χ4v) is 2.75. The molecule has 0 spiro atoms. The molecule has 1 heterocycles. The highest BCUT2D eigenvalue weighted by molar-refractivity contribution is 5.95. The van der Waals surface area contributed by atoms with Crippen LogP contribution in [0, 0.1) is 11.8 Å². The van der Waals surface area contributed by atoms with E-state index in [1.807, 2.05) is 24.3 Å². The van der Waals surface area contributed by atoms with Gasteiger partial charge in [-0.3, -0.25) is 9.59 Å². The lowest BCUT2D eigenvalue weighted by Gasteiger charge is -2.09. The Balaban J connectivity index is 0.00000192. The largest absolute Gasteiger partial charge is 0.326 e. The van der Waals surface area contributed by atoms with Crippen LogP contribution >= 0.6 is 12.4 Å². The van der Waals surface area contributed by atoms with Gasteiger partial charge >= 0.3 is 0 Å². The normalized spacial score (nSPS) is 19.7. The molecule has 23 heavy (non-hydrogen) atoms. The van der Waals surface area contributed by atoms with E-state index < -0.39 is 0 Å². The molecule has 1 atom stereocenters. The van der Waals surface area contributed by atoms with Gasteiger partial charge < -0.3 is 16.0 Å². The topological polar surface area (TPSA) is 70.2 Å². The number of halogens is 1. The van der Waals surface area contributed by atoms with Crippen LogP contribution in [0.3, 0.4) is 0 Å². The van der Waals surface area contributed by atoms with E-state index in [-0.39, 0.29) is 30.1 Å². The molecule has 2 aliphatic rings. The first-order valence-corrected chi connectivity index (χ1v) is 8.12.